The van der Waals surface area contributed by atoms with Gasteiger partial charge in [-0.1, -0.05) is 72.8 Å². The molecule has 2 aliphatic carbocycles. The topological polar surface area (TPSA) is 53.9 Å². The predicted octanol–water partition coefficient (Wildman–Crippen LogP) is 8.58. The van der Waals surface area contributed by atoms with Gasteiger partial charge >= 0.3 is 0 Å². The van der Waals surface area contributed by atoms with Gasteiger partial charge in [0.1, 0.15) is 0 Å². The summed E-state index contributed by atoms with van der Waals surface area (Å²) in [6, 6.07) is 40.0. The fourth-order valence-electron chi connectivity index (χ4n) is 6.77. The molecule has 41 heavy (non-hydrogen) atoms. The molecule has 2 heterocycles. The Kier molecular flexibility index (Phi) is 4.83. The van der Waals surface area contributed by atoms with Crippen molar-refractivity contribution in [2.24, 2.45) is 0 Å². The normalized spacial score (nSPS) is 13.0. The molecule has 0 bridgehead atoms. The molecule has 0 saturated heterocycles. The first-order valence-corrected chi connectivity index (χ1v) is 13.4. The molecule has 2 aromatic heterocycles. The molecule has 0 saturated carbocycles. The molecular weight excluding hydrogens is 500 g/mol. The van der Waals surface area contributed by atoms with Gasteiger partial charge in [0.15, 0.2) is 5.69 Å². The van der Waals surface area contributed by atoms with E-state index in [0.717, 1.165) is 33.6 Å². The van der Waals surface area contributed by atoms with E-state index >= 15 is 0 Å². The molecule has 1 spiro atoms. The summed E-state index contributed by atoms with van der Waals surface area (Å²) in [5.41, 5.74) is 13.9. The van der Waals surface area contributed by atoms with Crippen LogP contribution in [0.3, 0.4) is 0 Å². The fourth-order valence-corrected chi connectivity index (χ4v) is 6.77. The Balaban J connectivity index is 1.45. The van der Waals surface area contributed by atoms with Crippen LogP contribution in [0.15, 0.2) is 122 Å². The van der Waals surface area contributed by atoms with E-state index in [0.29, 0.717) is 11.3 Å². The van der Waals surface area contributed by atoms with Crippen molar-refractivity contribution in [3.63, 3.8) is 0 Å². The summed E-state index contributed by atoms with van der Waals surface area (Å²) < 4.78 is 0. The third-order valence-corrected chi connectivity index (χ3v) is 8.44. The van der Waals surface area contributed by atoms with E-state index < -0.39 is 5.41 Å². The Bertz CT molecular complexity index is 1990. The standard InChI is InChI=1S/C37H20N4/c1-39-26-15-17-41-36(21-26)25-11-13-34-30(20-25)29-19-24(35-18-23(22-38)14-16-40-35)10-12-33(29)37(34)31-8-4-2-6-27(31)28-7-3-5-9-32(28)37/h2-21H. The molecule has 6 aromatic rings. The van der Waals surface area contributed by atoms with Gasteiger partial charge in [-0.05, 0) is 86.5 Å². The van der Waals surface area contributed by atoms with E-state index in [1.807, 2.05) is 12.1 Å². The third kappa shape index (κ3) is 3.13. The summed E-state index contributed by atoms with van der Waals surface area (Å²) in [6.45, 7) is 7.47. The Labute approximate surface area is 237 Å². The number of nitriles is 1. The first kappa shape index (κ1) is 23.1. The second kappa shape index (κ2) is 8.58. The quantitative estimate of drug-likeness (QED) is 0.215. The maximum Gasteiger partial charge on any atom is 0.190 e. The average molecular weight is 521 g/mol. The van der Waals surface area contributed by atoms with Crippen LogP contribution in [0.2, 0.25) is 0 Å². The van der Waals surface area contributed by atoms with E-state index in [4.69, 9.17) is 6.57 Å². The Morgan fingerprint density at radius 2 is 1.12 bits per heavy atom. The molecule has 2 aliphatic rings. The third-order valence-electron chi connectivity index (χ3n) is 8.44. The minimum absolute atomic E-state index is 0.456. The minimum atomic E-state index is -0.456. The summed E-state index contributed by atoms with van der Waals surface area (Å²) in [6.07, 6.45) is 3.38. The summed E-state index contributed by atoms with van der Waals surface area (Å²) in [4.78, 5) is 12.8. The van der Waals surface area contributed by atoms with Crippen molar-refractivity contribution >= 4 is 5.69 Å². The molecular formula is C37H20N4. The second-order valence-electron chi connectivity index (χ2n) is 10.4. The molecule has 0 atom stereocenters. The highest BCUT2D eigenvalue weighted by atomic mass is 14.7. The van der Waals surface area contributed by atoms with Gasteiger partial charge in [-0.15, -0.1) is 0 Å². The molecule has 4 nitrogen and oxygen atoms in total. The molecule has 8 rings (SSSR count). The van der Waals surface area contributed by atoms with Gasteiger partial charge in [-0.2, -0.15) is 5.26 Å². The van der Waals surface area contributed by atoms with Crippen LogP contribution in [0.1, 0.15) is 27.8 Å². The number of rotatable bonds is 2. The fraction of sp³-hybridized carbons (Fsp3) is 0.0270. The molecule has 188 valence electrons. The van der Waals surface area contributed by atoms with Crippen molar-refractivity contribution in [3.8, 4) is 50.8 Å². The maximum absolute atomic E-state index is 9.49. The molecule has 0 radical (unpaired) electrons. The van der Waals surface area contributed by atoms with E-state index in [1.165, 1.54) is 33.4 Å². The first-order chi connectivity index (χ1) is 20.2. The smallest absolute Gasteiger partial charge is 0.190 e. The number of benzene rings is 4. The lowest BCUT2D eigenvalue weighted by molar-refractivity contribution is 0.794. The lowest BCUT2D eigenvalue weighted by Gasteiger charge is -2.30. The van der Waals surface area contributed by atoms with Crippen LogP contribution >= 0.6 is 0 Å². The maximum atomic E-state index is 9.49. The van der Waals surface area contributed by atoms with Crippen LogP contribution in [0, 0.1) is 17.9 Å². The van der Waals surface area contributed by atoms with Crippen molar-refractivity contribution in [1.29, 1.82) is 5.26 Å². The second-order valence-corrected chi connectivity index (χ2v) is 10.4. The van der Waals surface area contributed by atoms with Gasteiger partial charge in [-0.3, -0.25) is 9.97 Å². The van der Waals surface area contributed by atoms with Gasteiger partial charge < -0.3 is 0 Å². The van der Waals surface area contributed by atoms with Crippen LogP contribution < -0.4 is 0 Å². The van der Waals surface area contributed by atoms with E-state index in [2.05, 4.69) is 106 Å². The van der Waals surface area contributed by atoms with Crippen molar-refractivity contribution in [1.82, 2.24) is 9.97 Å². The summed E-state index contributed by atoms with van der Waals surface area (Å²) >= 11 is 0. The monoisotopic (exact) mass is 520 g/mol. The van der Waals surface area contributed by atoms with Crippen LogP contribution in [-0.2, 0) is 5.41 Å². The number of pyridine rings is 2. The van der Waals surface area contributed by atoms with Gasteiger partial charge in [0, 0.05) is 18.0 Å². The minimum Gasteiger partial charge on any atom is -0.259 e. The number of fused-ring (bicyclic) bond motifs is 10. The van der Waals surface area contributed by atoms with Gasteiger partial charge in [0.2, 0.25) is 0 Å². The molecule has 0 amide bonds. The largest absolute Gasteiger partial charge is 0.259 e. The number of hydrogen-bond donors (Lipinski definition) is 0. The molecule has 4 heteroatoms. The zero-order valence-electron chi connectivity index (χ0n) is 21.8. The molecule has 0 N–H and O–H groups in total. The van der Waals surface area contributed by atoms with Gasteiger partial charge in [0.05, 0.1) is 35.0 Å². The molecule has 0 aliphatic heterocycles. The van der Waals surface area contributed by atoms with Crippen molar-refractivity contribution in [2.45, 2.75) is 5.41 Å². The van der Waals surface area contributed by atoms with Crippen molar-refractivity contribution in [3.05, 3.63) is 161 Å². The summed E-state index contributed by atoms with van der Waals surface area (Å²) in [5, 5.41) is 9.49. The first-order valence-electron chi connectivity index (χ1n) is 13.4. The Morgan fingerprint density at radius 1 is 0.585 bits per heavy atom. The summed E-state index contributed by atoms with van der Waals surface area (Å²) in [7, 11) is 0. The predicted molar refractivity (Wildman–Crippen MR) is 160 cm³/mol. The van der Waals surface area contributed by atoms with Gasteiger partial charge in [-0.25, -0.2) is 4.85 Å². The van der Waals surface area contributed by atoms with E-state index in [9.17, 15) is 5.26 Å². The highest BCUT2D eigenvalue weighted by molar-refractivity contribution is 5.97. The van der Waals surface area contributed by atoms with Crippen LogP contribution in [0.5, 0.6) is 0 Å². The average Bonchev–Trinajstić information content (AvgIpc) is 3.51. The molecule has 0 unspecified atom stereocenters. The number of nitrogens with zero attached hydrogens (tertiary/aromatic N) is 4. The SMILES string of the molecule is [C-]#[N+]c1ccnc(-c2ccc3c(c2)-c2cc(-c4cc(C#N)ccn4)ccc2C32c3ccccc3-c3ccccc32)c1. The van der Waals surface area contributed by atoms with Crippen molar-refractivity contribution in [2.75, 3.05) is 0 Å². The van der Waals surface area contributed by atoms with Crippen molar-refractivity contribution < 1.29 is 0 Å². The summed E-state index contributed by atoms with van der Waals surface area (Å²) in [5.74, 6) is 0. The highest BCUT2D eigenvalue weighted by Gasteiger charge is 2.51. The number of hydrogen-bond acceptors (Lipinski definition) is 3. The van der Waals surface area contributed by atoms with E-state index in [-0.39, 0.29) is 0 Å². The molecule has 4 aromatic carbocycles. The van der Waals surface area contributed by atoms with Crippen LogP contribution in [0.4, 0.5) is 5.69 Å². The zero-order valence-corrected chi connectivity index (χ0v) is 21.8. The molecule has 0 fully saturated rings. The van der Waals surface area contributed by atoms with Crippen LogP contribution in [0.25, 0.3) is 49.6 Å². The van der Waals surface area contributed by atoms with Crippen LogP contribution in [-0.4, -0.2) is 9.97 Å². The lowest BCUT2D eigenvalue weighted by Crippen LogP contribution is -2.25. The zero-order chi connectivity index (χ0) is 27.6. The lowest BCUT2D eigenvalue weighted by atomic mass is 9.70. The van der Waals surface area contributed by atoms with Gasteiger partial charge in [0.25, 0.3) is 0 Å². The number of aromatic nitrogens is 2. The van der Waals surface area contributed by atoms with E-state index in [1.54, 1.807) is 24.5 Å². The Hall–Kier alpha value is -5.84. The Morgan fingerprint density at radius 3 is 1.71 bits per heavy atom. The highest BCUT2D eigenvalue weighted by Crippen LogP contribution is 2.63.